The van der Waals surface area contributed by atoms with Crippen molar-refractivity contribution < 1.29 is 14.4 Å². The summed E-state index contributed by atoms with van der Waals surface area (Å²) in [4.78, 5) is 49.6. The van der Waals surface area contributed by atoms with Crippen molar-refractivity contribution >= 4 is 29.4 Å². The van der Waals surface area contributed by atoms with Crippen LogP contribution >= 0.6 is 0 Å². The number of aromatic nitrogens is 2. The first kappa shape index (κ1) is 26.6. The number of benzene rings is 2. The standard InChI is InChI=1S/C31H30N6O3/c1-22(38)36-18-20-37(21-19-36)30(40)25-8-5-9-26(15-12-25)34-31-32-17-16-28(35-31)23-10-13-27(14-11-23)33-29(39)24-6-3-2-4-7-24/h2-17,25H,18-21H2,1H3,(H,33,39)(H,32,34,35). The topological polar surface area (TPSA) is 108 Å². The van der Waals surface area contributed by atoms with E-state index in [-0.39, 0.29) is 23.6 Å². The Hall–Kier alpha value is -5.05. The molecule has 3 amide bonds. The molecule has 0 saturated carbocycles. The predicted molar refractivity (Wildman–Crippen MR) is 154 cm³/mol. The van der Waals surface area contributed by atoms with Crippen molar-refractivity contribution in [3.05, 3.63) is 109 Å². The zero-order valence-corrected chi connectivity index (χ0v) is 22.2. The molecule has 0 bridgehead atoms. The van der Waals surface area contributed by atoms with E-state index in [0.29, 0.717) is 43.4 Å². The van der Waals surface area contributed by atoms with Crippen LogP contribution in [0.5, 0.6) is 0 Å². The molecule has 1 aliphatic carbocycles. The normalized spacial score (nSPS) is 16.6. The van der Waals surface area contributed by atoms with Crippen molar-refractivity contribution in [3.8, 4) is 11.3 Å². The molecule has 2 heterocycles. The molecule has 202 valence electrons. The van der Waals surface area contributed by atoms with Gasteiger partial charge in [0.05, 0.1) is 11.6 Å². The number of carbonyl (C=O) groups is 3. The Morgan fingerprint density at radius 1 is 0.875 bits per heavy atom. The fraction of sp³-hybridized carbons (Fsp3) is 0.194. The van der Waals surface area contributed by atoms with Gasteiger partial charge in [-0.2, -0.15) is 0 Å². The van der Waals surface area contributed by atoms with E-state index in [1.54, 1.807) is 30.2 Å². The molecule has 1 atom stereocenters. The molecular weight excluding hydrogens is 504 g/mol. The molecule has 0 radical (unpaired) electrons. The minimum Gasteiger partial charge on any atom is -0.339 e. The van der Waals surface area contributed by atoms with Gasteiger partial charge in [-0.05, 0) is 42.5 Å². The summed E-state index contributed by atoms with van der Waals surface area (Å²) in [5.41, 5.74) is 3.64. The molecule has 1 aliphatic heterocycles. The number of nitrogens with zero attached hydrogens (tertiary/aromatic N) is 4. The molecule has 9 nitrogen and oxygen atoms in total. The number of hydrogen-bond donors (Lipinski definition) is 2. The van der Waals surface area contributed by atoms with Gasteiger partial charge in [0.15, 0.2) is 0 Å². The smallest absolute Gasteiger partial charge is 0.255 e. The van der Waals surface area contributed by atoms with Crippen LogP contribution in [0.4, 0.5) is 11.6 Å². The van der Waals surface area contributed by atoms with E-state index < -0.39 is 0 Å². The van der Waals surface area contributed by atoms with Crippen LogP contribution in [-0.2, 0) is 9.59 Å². The SMILES string of the molecule is CC(=O)N1CCN(C(=O)C2C=CC=C(Nc3nccc(-c4ccc(NC(=O)c5ccccc5)cc4)n3)C=C2)CC1. The largest absolute Gasteiger partial charge is 0.339 e. The van der Waals surface area contributed by atoms with Gasteiger partial charge in [0.25, 0.3) is 5.91 Å². The lowest BCUT2D eigenvalue weighted by atomic mass is 10.1. The van der Waals surface area contributed by atoms with Crippen molar-refractivity contribution in [3.63, 3.8) is 0 Å². The number of piperazine rings is 1. The Morgan fingerprint density at radius 3 is 2.33 bits per heavy atom. The summed E-state index contributed by atoms with van der Waals surface area (Å²) in [5.74, 6) is -0.0648. The van der Waals surface area contributed by atoms with Crippen LogP contribution in [0.3, 0.4) is 0 Å². The number of allylic oxidation sites excluding steroid dienone is 3. The van der Waals surface area contributed by atoms with E-state index in [0.717, 1.165) is 17.0 Å². The molecule has 1 fully saturated rings. The van der Waals surface area contributed by atoms with Crippen LogP contribution in [0.25, 0.3) is 11.3 Å². The zero-order valence-electron chi connectivity index (χ0n) is 22.2. The Morgan fingerprint density at radius 2 is 1.60 bits per heavy atom. The van der Waals surface area contributed by atoms with Crippen LogP contribution in [0.2, 0.25) is 0 Å². The summed E-state index contributed by atoms with van der Waals surface area (Å²) in [7, 11) is 0. The van der Waals surface area contributed by atoms with Crippen molar-refractivity contribution in [2.45, 2.75) is 6.92 Å². The molecule has 9 heteroatoms. The highest BCUT2D eigenvalue weighted by Crippen LogP contribution is 2.22. The van der Waals surface area contributed by atoms with Crippen LogP contribution in [-0.4, -0.2) is 63.7 Å². The van der Waals surface area contributed by atoms with Crippen molar-refractivity contribution in [1.29, 1.82) is 0 Å². The summed E-state index contributed by atoms with van der Waals surface area (Å²) in [5, 5.41) is 6.12. The van der Waals surface area contributed by atoms with E-state index in [1.165, 1.54) is 0 Å². The molecule has 2 N–H and O–H groups in total. The van der Waals surface area contributed by atoms with E-state index in [2.05, 4.69) is 20.6 Å². The number of nitrogens with one attached hydrogen (secondary N) is 2. The maximum atomic E-state index is 13.0. The van der Waals surface area contributed by atoms with E-state index in [9.17, 15) is 14.4 Å². The lowest BCUT2D eigenvalue weighted by Gasteiger charge is -2.35. The van der Waals surface area contributed by atoms with Crippen LogP contribution in [0.15, 0.2) is 103 Å². The molecule has 1 aromatic heterocycles. The van der Waals surface area contributed by atoms with Crippen LogP contribution in [0, 0.1) is 5.92 Å². The fourth-order valence-electron chi connectivity index (χ4n) is 4.53. The predicted octanol–water partition coefficient (Wildman–Crippen LogP) is 4.12. The summed E-state index contributed by atoms with van der Waals surface area (Å²) in [6.45, 7) is 3.75. The Balaban J connectivity index is 1.19. The second-order valence-electron chi connectivity index (χ2n) is 9.51. The van der Waals surface area contributed by atoms with Gasteiger partial charge in [0.2, 0.25) is 17.8 Å². The molecule has 3 aromatic rings. The Labute approximate surface area is 232 Å². The molecule has 1 saturated heterocycles. The highest BCUT2D eigenvalue weighted by atomic mass is 16.2. The summed E-state index contributed by atoms with van der Waals surface area (Å²) in [6, 6.07) is 18.3. The average molecular weight is 535 g/mol. The number of anilines is 2. The monoisotopic (exact) mass is 534 g/mol. The lowest BCUT2D eigenvalue weighted by molar-refractivity contribution is -0.139. The summed E-state index contributed by atoms with van der Waals surface area (Å²) >= 11 is 0. The number of hydrogen-bond acceptors (Lipinski definition) is 6. The first-order chi connectivity index (χ1) is 19.5. The molecule has 2 aliphatic rings. The van der Waals surface area contributed by atoms with Crippen LogP contribution in [0.1, 0.15) is 17.3 Å². The maximum Gasteiger partial charge on any atom is 0.255 e. The van der Waals surface area contributed by atoms with Gasteiger partial charge in [0, 0.05) is 61.8 Å². The third kappa shape index (κ3) is 6.50. The molecule has 5 rings (SSSR count). The second-order valence-corrected chi connectivity index (χ2v) is 9.51. The summed E-state index contributed by atoms with van der Waals surface area (Å²) in [6.07, 6.45) is 11.0. The highest BCUT2D eigenvalue weighted by molar-refractivity contribution is 6.04. The number of amides is 3. The molecule has 1 unspecified atom stereocenters. The minimum absolute atomic E-state index is 0.0204. The summed E-state index contributed by atoms with van der Waals surface area (Å²) < 4.78 is 0. The van der Waals surface area contributed by atoms with Gasteiger partial charge in [0.1, 0.15) is 0 Å². The third-order valence-corrected chi connectivity index (χ3v) is 6.79. The zero-order chi connectivity index (χ0) is 27.9. The van der Waals surface area contributed by atoms with E-state index in [1.807, 2.05) is 83.8 Å². The Bertz CT molecular complexity index is 1470. The molecule has 40 heavy (non-hydrogen) atoms. The minimum atomic E-state index is -0.382. The van der Waals surface area contributed by atoms with Gasteiger partial charge in [-0.1, -0.05) is 48.6 Å². The molecule has 0 spiro atoms. The first-order valence-electron chi connectivity index (χ1n) is 13.1. The van der Waals surface area contributed by atoms with Gasteiger partial charge in [-0.25, -0.2) is 9.97 Å². The van der Waals surface area contributed by atoms with E-state index in [4.69, 9.17) is 0 Å². The van der Waals surface area contributed by atoms with Gasteiger partial charge >= 0.3 is 0 Å². The maximum absolute atomic E-state index is 13.0. The molecule has 2 aromatic carbocycles. The second kappa shape index (κ2) is 12.2. The van der Waals surface area contributed by atoms with Crippen molar-refractivity contribution in [2.75, 3.05) is 36.8 Å². The Kier molecular flexibility index (Phi) is 8.10. The quantitative estimate of drug-likeness (QED) is 0.493. The number of rotatable bonds is 6. The number of carbonyl (C=O) groups excluding carboxylic acids is 3. The van der Waals surface area contributed by atoms with Crippen molar-refractivity contribution in [1.82, 2.24) is 19.8 Å². The van der Waals surface area contributed by atoms with Gasteiger partial charge in [-0.15, -0.1) is 0 Å². The van der Waals surface area contributed by atoms with Gasteiger partial charge in [-0.3, -0.25) is 14.4 Å². The van der Waals surface area contributed by atoms with Crippen LogP contribution < -0.4 is 10.6 Å². The molecular formula is C31H30N6O3. The fourth-order valence-corrected chi connectivity index (χ4v) is 4.53. The lowest BCUT2D eigenvalue weighted by Crippen LogP contribution is -2.51. The first-order valence-corrected chi connectivity index (χ1v) is 13.1. The van der Waals surface area contributed by atoms with Gasteiger partial charge < -0.3 is 20.4 Å². The average Bonchev–Trinajstić information content (AvgIpc) is 3.23. The van der Waals surface area contributed by atoms with Crippen molar-refractivity contribution in [2.24, 2.45) is 5.92 Å². The van der Waals surface area contributed by atoms with E-state index >= 15 is 0 Å². The highest BCUT2D eigenvalue weighted by Gasteiger charge is 2.26. The third-order valence-electron chi connectivity index (χ3n) is 6.79.